The third kappa shape index (κ3) is 2.41. The van der Waals surface area contributed by atoms with Crippen molar-refractivity contribution >= 4 is 17.5 Å². The third-order valence-corrected chi connectivity index (χ3v) is 10.4. The molecule has 0 amide bonds. The number of aliphatic carboxylic acids is 1. The number of carbonyl (C=O) groups is 3. The van der Waals surface area contributed by atoms with Gasteiger partial charge in [0.25, 0.3) is 0 Å². The first-order valence-electron chi connectivity index (χ1n) is 11.3. The first kappa shape index (κ1) is 20.8. The van der Waals surface area contributed by atoms with Crippen molar-refractivity contribution in [1.82, 2.24) is 0 Å². The molecule has 0 radical (unpaired) electrons. The Kier molecular flexibility index (Phi) is 4.34. The topological polar surface area (TPSA) is 71.4 Å². The maximum Gasteiger partial charge on any atom is 0.306 e. The van der Waals surface area contributed by atoms with E-state index in [0.29, 0.717) is 6.42 Å². The fourth-order valence-corrected chi connectivity index (χ4v) is 8.36. The monoisotopic (exact) mass is 400 g/mol. The highest BCUT2D eigenvalue weighted by Crippen LogP contribution is 2.74. The zero-order valence-electron chi connectivity index (χ0n) is 18.8. The minimum Gasteiger partial charge on any atom is -0.481 e. The molecular formula is C25H36O4. The Bertz CT molecular complexity index is 823. The van der Waals surface area contributed by atoms with Crippen LogP contribution in [-0.4, -0.2) is 22.6 Å². The molecule has 0 bridgehead atoms. The zero-order valence-corrected chi connectivity index (χ0v) is 18.8. The van der Waals surface area contributed by atoms with E-state index in [4.69, 9.17) is 0 Å². The summed E-state index contributed by atoms with van der Waals surface area (Å²) in [6, 6.07) is 0. The number of Topliss-reactive ketones (excluding diaryl/α,β-unsaturated/α-hetero) is 1. The Labute approximate surface area is 174 Å². The third-order valence-electron chi connectivity index (χ3n) is 10.4. The highest BCUT2D eigenvalue weighted by molar-refractivity contribution is 5.98. The van der Waals surface area contributed by atoms with Crippen molar-refractivity contribution < 1.29 is 19.5 Å². The SMILES string of the molecule is C[C@H](C(=O)O)[C@@H]1CC[C@@]2(C)[C@H]3C(=O)C=C4[C@H](CCC(=O)C4(C)C)[C@]3(C)CC[C@]12C. The molecule has 0 aromatic heterocycles. The second-order valence-electron chi connectivity index (χ2n) is 11.7. The second-order valence-corrected chi connectivity index (χ2v) is 11.7. The van der Waals surface area contributed by atoms with Crippen LogP contribution in [0.2, 0.25) is 0 Å². The van der Waals surface area contributed by atoms with Gasteiger partial charge in [0, 0.05) is 17.8 Å². The number of allylic oxidation sites excluding steroid dienone is 2. The summed E-state index contributed by atoms with van der Waals surface area (Å²) in [5.74, 6) is -0.387. The van der Waals surface area contributed by atoms with Gasteiger partial charge in [0.1, 0.15) is 5.78 Å². The average molecular weight is 401 g/mol. The molecule has 0 aliphatic heterocycles. The molecule has 0 spiro atoms. The zero-order chi connectivity index (χ0) is 21.6. The van der Waals surface area contributed by atoms with E-state index in [2.05, 4.69) is 20.8 Å². The molecule has 4 aliphatic rings. The van der Waals surface area contributed by atoms with E-state index in [1.54, 1.807) is 0 Å². The van der Waals surface area contributed by atoms with Gasteiger partial charge in [-0.15, -0.1) is 0 Å². The van der Waals surface area contributed by atoms with Gasteiger partial charge in [-0.05, 0) is 85.7 Å². The maximum absolute atomic E-state index is 13.7. The van der Waals surface area contributed by atoms with Crippen molar-refractivity contribution in [3.05, 3.63) is 11.6 Å². The molecule has 0 unspecified atom stereocenters. The van der Waals surface area contributed by atoms with E-state index in [1.165, 1.54) is 0 Å². The van der Waals surface area contributed by atoms with E-state index in [-0.39, 0.29) is 51.5 Å². The Hall–Kier alpha value is -1.45. The molecule has 160 valence electrons. The lowest BCUT2D eigenvalue weighted by Crippen LogP contribution is -2.61. The number of carboxylic acids is 1. The summed E-state index contributed by atoms with van der Waals surface area (Å²) in [6.07, 6.45) is 6.96. The molecule has 0 saturated heterocycles. The minimum atomic E-state index is -0.724. The Morgan fingerprint density at radius 1 is 1.03 bits per heavy atom. The number of ketones is 2. The normalized spacial score (nSPS) is 47.0. The van der Waals surface area contributed by atoms with Crippen LogP contribution in [0.5, 0.6) is 0 Å². The van der Waals surface area contributed by atoms with Gasteiger partial charge in [-0.3, -0.25) is 14.4 Å². The lowest BCUT2D eigenvalue weighted by atomic mass is 9.39. The summed E-state index contributed by atoms with van der Waals surface area (Å²) < 4.78 is 0. The van der Waals surface area contributed by atoms with Crippen molar-refractivity contribution in [3.63, 3.8) is 0 Å². The van der Waals surface area contributed by atoms with Crippen LogP contribution in [0, 0.1) is 45.3 Å². The number of fused-ring (bicyclic) bond motifs is 5. The Morgan fingerprint density at radius 3 is 2.31 bits per heavy atom. The first-order chi connectivity index (χ1) is 13.3. The molecule has 0 aromatic rings. The van der Waals surface area contributed by atoms with Crippen molar-refractivity contribution in [2.75, 3.05) is 0 Å². The van der Waals surface area contributed by atoms with E-state index in [9.17, 15) is 19.5 Å². The fraction of sp³-hybridized carbons (Fsp3) is 0.800. The van der Waals surface area contributed by atoms with E-state index >= 15 is 0 Å². The Balaban J connectivity index is 1.82. The lowest BCUT2D eigenvalue weighted by molar-refractivity contribution is -0.166. The Morgan fingerprint density at radius 2 is 1.69 bits per heavy atom. The molecule has 4 aliphatic carbocycles. The predicted molar refractivity (Wildman–Crippen MR) is 111 cm³/mol. The summed E-state index contributed by atoms with van der Waals surface area (Å²) in [4.78, 5) is 38.1. The van der Waals surface area contributed by atoms with Gasteiger partial charge in [-0.1, -0.05) is 27.7 Å². The molecule has 4 nitrogen and oxygen atoms in total. The van der Waals surface area contributed by atoms with Crippen LogP contribution in [-0.2, 0) is 14.4 Å². The van der Waals surface area contributed by atoms with Crippen LogP contribution in [0.15, 0.2) is 11.6 Å². The molecule has 0 aromatic carbocycles. The molecule has 29 heavy (non-hydrogen) atoms. The highest BCUT2D eigenvalue weighted by atomic mass is 16.4. The second kappa shape index (κ2) is 6.04. The van der Waals surface area contributed by atoms with Gasteiger partial charge in [-0.25, -0.2) is 0 Å². The molecule has 3 fully saturated rings. The van der Waals surface area contributed by atoms with Gasteiger partial charge in [0.15, 0.2) is 5.78 Å². The summed E-state index contributed by atoms with van der Waals surface area (Å²) in [5, 5.41) is 9.69. The quantitative estimate of drug-likeness (QED) is 0.703. The van der Waals surface area contributed by atoms with Crippen molar-refractivity contribution in [2.45, 2.75) is 80.1 Å². The largest absolute Gasteiger partial charge is 0.481 e. The molecule has 4 rings (SSSR count). The van der Waals surface area contributed by atoms with Crippen LogP contribution in [0.3, 0.4) is 0 Å². The summed E-state index contributed by atoms with van der Waals surface area (Å²) >= 11 is 0. The van der Waals surface area contributed by atoms with Gasteiger partial charge >= 0.3 is 5.97 Å². The van der Waals surface area contributed by atoms with E-state index in [0.717, 1.165) is 37.7 Å². The number of rotatable bonds is 2. The van der Waals surface area contributed by atoms with Crippen LogP contribution in [0.25, 0.3) is 0 Å². The first-order valence-corrected chi connectivity index (χ1v) is 11.3. The number of carbonyl (C=O) groups excluding carboxylic acids is 2. The average Bonchev–Trinajstić information content (AvgIpc) is 2.89. The van der Waals surface area contributed by atoms with E-state index < -0.39 is 11.4 Å². The van der Waals surface area contributed by atoms with Gasteiger partial charge in [-0.2, -0.15) is 0 Å². The summed E-state index contributed by atoms with van der Waals surface area (Å²) in [7, 11) is 0. The van der Waals surface area contributed by atoms with Gasteiger partial charge < -0.3 is 5.11 Å². The van der Waals surface area contributed by atoms with Crippen LogP contribution >= 0.6 is 0 Å². The molecule has 7 atom stereocenters. The molecule has 1 N–H and O–H groups in total. The standard InChI is InChI=1S/C25H36O4/c1-14(21(28)29)15-9-10-25(6)20-18(26)13-17-16(7-8-19(27)22(17,2)3)23(20,4)11-12-24(15,25)5/h13-16,20H,7-12H2,1-6H3,(H,28,29)/t14-,15-,16-,20-,23-,24+,25-/m0/s1. The summed E-state index contributed by atoms with van der Waals surface area (Å²) in [6.45, 7) is 12.6. The van der Waals surface area contributed by atoms with Gasteiger partial charge in [0.2, 0.25) is 0 Å². The van der Waals surface area contributed by atoms with Crippen LogP contribution in [0.4, 0.5) is 0 Å². The smallest absolute Gasteiger partial charge is 0.306 e. The fourth-order valence-electron chi connectivity index (χ4n) is 8.36. The van der Waals surface area contributed by atoms with Gasteiger partial charge in [0.05, 0.1) is 5.92 Å². The molecule has 3 saturated carbocycles. The number of hydrogen-bond donors (Lipinski definition) is 1. The molecule has 0 heterocycles. The summed E-state index contributed by atoms with van der Waals surface area (Å²) in [5.41, 5.74) is 0.0202. The molecular weight excluding hydrogens is 364 g/mol. The van der Waals surface area contributed by atoms with Crippen molar-refractivity contribution in [2.24, 2.45) is 45.3 Å². The van der Waals surface area contributed by atoms with Crippen molar-refractivity contribution in [3.8, 4) is 0 Å². The highest BCUT2D eigenvalue weighted by Gasteiger charge is 2.69. The minimum absolute atomic E-state index is 0.0857. The van der Waals surface area contributed by atoms with E-state index in [1.807, 2.05) is 26.8 Å². The maximum atomic E-state index is 13.7. The van der Waals surface area contributed by atoms with Crippen LogP contribution in [0.1, 0.15) is 80.1 Å². The number of carboxylic acid groups (broad SMARTS) is 1. The lowest BCUT2D eigenvalue weighted by Gasteiger charge is -2.64. The number of hydrogen-bond acceptors (Lipinski definition) is 3. The molecule has 4 heteroatoms. The van der Waals surface area contributed by atoms with Crippen LogP contribution < -0.4 is 0 Å². The predicted octanol–water partition coefficient (Wildman–Crippen LogP) is 5.06. The van der Waals surface area contributed by atoms with Crippen molar-refractivity contribution in [1.29, 1.82) is 0 Å².